The highest BCUT2D eigenvalue weighted by Gasteiger charge is 2.58. The molecule has 5 unspecified atom stereocenters. The van der Waals surface area contributed by atoms with Crippen molar-refractivity contribution in [1.29, 1.82) is 0 Å². The molecule has 4 rings (SSSR count). The fraction of sp³-hybridized carbons (Fsp3) is 0.733. The number of hydrogen-bond acceptors (Lipinski definition) is 3. The van der Waals surface area contributed by atoms with Gasteiger partial charge in [0.1, 0.15) is 0 Å². The van der Waals surface area contributed by atoms with Gasteiger partial charge in [0.15, 0.2) is 0 Å². The average molecular weight is 260 g/mol. The monoisotopic (exact) mass is 260 g/mol. The van der Waals surface area contributed by atoms with Gasteiger partial charge in [0.2, 0.25) is 11.8 Å². The van der Waals surface area contributed by atoms with E-state index in [0.29, 0.717) is 24.4 Å². The fourth-order valence-corrected chi connectivity index (χ4v) is 4.47. The lowest BCUT2D eigenvalue weighted by atomic mass is 9.85. The standard InChI is InChI=1S/C15H20N2O2/c18-14-12-9-3-4-10(8-9)13(12)15(19)17(14)7-5-11-2-1-6-16-11/h3-4,9-13,16H,1-2,5-8H2. The van der Waals surface area contributed by atoms with Crippen molar-refractivity contribution in [3.8, 4) is 0 Å². The minimum Gasteiger partial charge on any atom is -0.314 e. The van der Waals surface area contributed by atoms with Gasteiger partial charge in [-0.1, -0.05) is 12.2 Å². The Morgan fingerprint density at radius 1 is 1.16 bits per heavy atom. The first kappa shape index (κ1) is 11.6. The Morgan fingerprint density at radius 2 is 1.84 bits per heavy atom. The summed E-state index contributed by atoms with van der Waals surface area (Å²) in [6.07, 6.45) is 8.63. The number of nitrogens with zero attached hydrogens (tertiary/aromatic N) is 1. The Hall–Kier alpha value is -1.16. The Morgan fingerprint density at radius 3 is 2.42 bits per heavy atom. The molecule has 0 radical (unpaired) electrons. The van der Waals surface area contributed by atoms with E-state index in [4.69, 9.17) is 0 Å². The molecule has 1 N–H and O–H groups in total. The molecule has 1 saturated carbocycles. The van der Waals surface area contributed by atoms with Crippen molar-refractivity contribution >= 4 is 11.8 Å². The van der Waals surface area contributed by atoms with Crippen LogP contribution in [0.4, 0.5) is 0 Å². The summed E-state index contributed by atoms with van der Waals surface area (Å²) in [7, 11) is 0. The molecule has 2 bridgehead atoms. The molecule has 4 heteroatoms. The third-order valence-electron chi connectivity index (χ3n) is 5.43. The molecular weight excluding hydrogens is 240 g/mol. The van der Waals surface area contributed by atoms with E-state index in [2.05, 4.69) is 17.5 Å². The molecule has 2 aliphatic heterocycles. The van der Waals surface area contributed by atoms with Crippen molar-refractivity contribution in [2.45, 2.75) is 31.7 Å². The average Bonchev–Trinajstić information content (AvgIpc) is 3.14. The summed E-state index contributed by atoms with van der Waals surface area (Å²) in [4.78, 5) is 26.4. The van der Waals surface area contributed by atoms with Gasteiger partial charge in [-0.3, -0.25) is 14.5 Å². The highest BCUT2D eigenvalue weighted by molar-refractivity contribution is 6.06. The van der Waals surface area contributed by atoms with Crippen LogP contribution in [0, 0.1) is 23.7 Å². The van der Waals surface area contributed by atoms with Gasteiger partial charge in [0.25, 0.3) is 0 Å². The number of likely N-dealkylation sites (tertiary alicyclic amines) is 1. The van der Waals surface area contributed by atoms with Crippen LogP contribution in [0.25, 0.3) is 0 Å². The predicted molar refractivity (Wildman–Crippen MR) is 70.1 cm³/mol. The molecule has 5 atom stereocenters. The van der Waals surface area contributed by atoms with Crippen LogP contribution in [-0.2, 0) is 9.59 Å². The third kappa shape index (κ3) is 1.62. The number of fused-ring (bicyclic) bond motifs is 5. The zero-order chi connectivity index (χ0) is 13.0. The van der Waals surface area contributed by atoms with E-state index in [1.165, 1.54) is 12.8 Å². The summed E-state index contributed by atoms with van der Waals surface area (Å²) >= 11 is 0. The van der Waals surface area contributed by atoms with E-state index >= 15 is 0 Å². The van der Waals surface area contributed by atoms with E-state index in [0.717, 1.165) is 19.4 Å². The van der Waals surface area contributed by atoms with Gasteiger partial charge in [-0.15, -0.1) is 0 Å². The number of carbonyl (C=O) groups is 2. The largest absolute Gasteiger partial charge is 0.314 e. The molecule has 102 valence electrons. The summed E-state index contributed by atoms with van der Waals surface area (Å²) in [6, 6.07) is 0.496. The van der Waals surface area contributed by atoms with E-state index in [9.17, 15) is 9.59 Å². The summed E-state index contributed by atoms with van der Waals surface area (Å²) in [5.74, 6) is 0.815. The highest BCUT2D eigenvalue weighted by atomic mass is 16.2. The Kier molecular flexibility index (Phi) is 2.56. The van der Waals surface area contributed by atoms with Crippen LogP contribution >= 0.6 is 0 Å². The van der Waals surface area contributed by atoms with E-state index in [1.54, 1.807) is 4.90 Å². The lowest BCUT2D eigenvalue weighted by Crippen LogP contribution is -2.36. The lowest BCUT2D eigenvalue weighted by Gasteiger charge is -2.19. The molecule has 0 aromatic rings. The normalized spacial score (nSPS) is 43.6. The van der Waals surface area contributed by atoms with Gasteiger partial charge in [-0.2, -0.15) is 0 Å². The minimum atomic E-state index is -0.0287. The summed E-state index contributed by atoms with van der Waals surface area (Å²) in [5.41, 5.74) is 0. The number of hydrogen-bond donors (Lipinski definition) is 1. The number of rotatable bonds is 3. The second kappa shape index (κ2) is 4.17. The second-order valence-corrected chi connectivity index (χ2v) is 6.41. The van der Waals surface area contributed by atoms with Gasteiger partial charge in [-0.25, -0.2) is 0 Å². The third-order valence-corrected chi connectivity index (χ3v) is 5.43. The molecule has 0 aromatic heterocycles. The fourth-order valence-electron chi connectivity index (χ4n) is 4.47. The number of allylic oxidation sites excluding steroid dienone is 2. The number of imide groups is 1. The van der Waals surface area contributed by atoms with Crippen molar-refractivity contribution in [3.05, 3.63) is 12.2 Å². The predicted octanol–water partition coefficient (Wildman–Crippen LogP) is 0.936. The first-order chi connectivity index (χ1) is 9.25. The zero-order valence-electron chi connectivity index (χ0n) is 11.0. The summed E-state index contributed by atoms with van der Waals surface area (Å²) in [5, 5.41) is 3.43. The van der Waals surface area contributed by atoms with Crippen LogP contribution < -0.4 is 5.32 Å². The number of nitrogens with one attached hydrogen (secondary N) is 1. The van der Waals surface area contributed by atoms with Crippen LogP contribution in [0.2, 0.25) is 0 Å². The van der Waals surface area contributed by atoms with Crippen molar-refractivity contribution in [2.75, 3.05) is 13.1 Å². The van der Waals surface area contributed by atoms with Crippen LogP contribution in [-0.4, -0.2) is 35.8 Å². The summed E-state index contributed by atoms with van der Waals surface area (Å²) < 4.78 is 0. The molecular formula is C15H20N2O2. The lowest BCUT2D eigenvalue weighted by molar-refractivity contribution is -0.140. The molecule has 2 heterocycles. The maximum atomic E-state index is 12.4. The van der Waals surface area contributed by atoms with Crippen molar-refractivity contribution < 1.29 is 9.59 Å². The van der Waals surface area contributed by atoms with Gasteiger partial charge in [0, 0.05) is 12.6 Å². The number of carbonyl (C=O) groups excluding carboxylic acids is 2. The molecule has 2 aliphatic carbocycles. The van der Waals surface area contributed by atoms with Crippen molar-refractivity contribution in [2.24, 2.45) is 23.7 Å². The van der Waals surface area contributed by atoms with Crippen LogP contribution in [0.15, 0.2) is 12.2 Å². The van der Waals surface area contributed by atoms with Crippen LogP contribution in [0.5, 0.6) is 0 Å². The second-order valence-electron chi connectivity index (χ2n) is 6.41. The molecule has 4 aliphatic rings. The van der Waals surface area contributed by atoms with E-state index < -0.39 is 0 Å². The number of amides is 2. The molecule has 4 nitrogen and oxygen atoms in total. The zero-order valence-corrected chi connectivity index (χ0v) is 11.0. The maximum absolute atomic E-state index is 12.4. The van der Waals surface area contributed by atoms with Crippen LogP contribution in [0.3, 0.4) is 0 Å². The molecule has 19 heavy (non-hydrogen) atoms. The first-order valence-electron chi connectivity index (χ1n) is 7.52. The molecule has 0 spiro atoms. The van der Waals surface area contributed by atoms with Gasteiger partial charge >= 0.3 is 0 Å². The van der Waals surface area contributed by atoms with Gasteiger partial charge < -0.3 is 5.32 Å². The molecule has 3 fully saturated rings. The van der Waals surface area contributed by atoms with Gasteiger partial charge in [-0.05, 0) is 44.1 Å². The SMILES string of the molecule is O=C1C2C3C=CC(C3)C2C(=O)N1CCC1CCCN1. The van der Waals surface area contributed by atoms with Gasteiger partial charge in [0.05, 0.1) is 11.8 Å². The highest BCUT2D eigenvalue weighted by Crippen LogP contribution is 2.52. The Labute approximate surface area is 113 Å². The Bertz CT molecular complexity index is 423. The minimum absolute atomic E-state index is 0.0287. The molecule has 2 saturated heterocycles. The first-order valence-corrected chi connectivity index (χ1v) is 7.52. The molecule has 0 aromatic carbocycles. The van der Waals surface area contributed by atoms with E-state index in [-0.39, 0.29) is 23.7 Å². The van der Waals surface area contributed by atoms with Crippen molar-refractivity contribution in [3.63, 3.8) is 0 Å². The van der Waals surface area contributed by atoms with Crippen molar-refractivity contribution in [1.82, 2.24) is 10.2 Å². The smallest absolute Gasteiger partial charge is 0.233 e. The van der Waals surface area contributed by atoms with Crippen LogP contribution in [0.1, 0.15) is 25.7 Å². The Balaban J connectivity index is 1.46. The molecule has 2 amide bonds. The maximum Gasteiger partial charge on any atom is 0.233 e. The topological polar surface area (TPSA) is 49.4 Å². The summed E-state index contributed by atoms with van der Waals surface area (Å²) in [6.45, 7) is 1.69. The van der Waals surface area contributed by atoms with E-state index in [1.807, 2.05) is 0 Å². The quantitative estimate of drug-likeness (QED) is 0.607.